The number of nitrogens with zero attached hydrogens (tertiary/aromatic N) is 4. The second-order valence-electron chi connectivity index (χ2n) is 20.5. The molecular weight excluding hydrogens is 881 g/mol. The Hall–Kier alpha value is -5.55. The van der Waals surface area contributed by atoms with Gasteiger partial charge >= 0.3 is 0 Å². The molecule has 9 rings (SSSR count). The number of ether oxygens (including phenoxy) is 1. The van der Waals surface area contributed by atoms with Crippen molar-refractivity contribution in [2.45, 2.75) is 126 Å². The van der Waals surface area contributed by atoms with Gasteiger partial charge in [-0.15, -0.1) is 0 Å². The second kappa shape index (κ2) is 19.4. The van der Waals surface area contributed by atoms with Crippen LogP contribution in [0.2, 0.25) is 0 Å². The minimum Gasteiger partial charge on any atom is -0.455 e. The smallest absolute Gasteiger partial charge is 0.293 e. The molecule has 362 valence electrons. The molecule has 2 aromatic heterocycles. The number of nitro groups is 1. The summed E-state index contributed by atoms with van der Waals surface area (Å²) in [5.41, 5.74) is 3.64. The molecule has 1 aliphatic heterocycles. The Morgan fingerprint density at radius 3 is 2.43 bits per heavy atom. The number of carbonyl (C=O) groups excluding carboxylic acids is 1. The fourth-order valence-electron chi connectivity index (χ4n) is 10.9. The van der Waals surface area contributed by atoms with Crippen LogP contribution in [-0.2, 0) is 10.0 Å². The summed E-state index contributed by atoms with van der Waals surface area (Å²) in [6.07, 6.45) is 13.0. The van der Waals surface area contributed by atoms with Gasteiger partial charge in [-0.1, -0.05) is 38.1 Å². The Kier molecular flexibility index (Phi) is 13.6. The number of H-pyrrole nitrogens is 1. The van der Waals surface area contributed by atoms with Crippen molar-refractivity contribution in [1.82, 2.24) is 24.9 Å². The number of pyridine rings is 1. The Morgan fingerprint density at radius 2 is 1.72 bits per heavy atom. The molecule has 68 heavy (non-hydrogen) atoms. The van der Waals surface area contributed by atoms with Gasteiger partial charge in [0.25, 0.3) is 21.6 Å². The predicted molar refractivity (Wildman–Crippen MR) is 265 cm³/mol. The molecule has 1 amide bonds. The van der Waals surface area contributed by atoms with Crippen molar-refractivity contribution in [3.8, 4) is 11.5 Å². The zero-order valence-corrected chi connectivity index (χ0v) is 40.5. The topological polar surface area (TPSA) is 195 Å². The number of sulfonamides is 1. The average molecular weight is 947 g/mol. The molecule has 4 fully saturated rings. The first-order valence-corrected chi connectivity index (χ1v) is 25.9. The maximum atomic E-state index is 14.0. The lowest BCUT2D eigenvalue weighted by Gasteiger charge is -2.56. The molecule has 5 N–H and O–H groups in total. The summed E-state index contributed by atoms with van der Waals surface area (Å²) in [6, 6.07) is 22.8. The van der Waals surface area contributed by atoms with E-state index in [2.05, 4.69) is 80.2 Å². The van der Waals surface area contributed by atoms with Crippen molar-refractivity contribution < 1.29 is 28.0 Å². The molecule has 15 nitrogen and oxygen atoms in total. The standard InChI is InChI=1S/C52H66N8O7S/c1-34(2)43-7-5-6-8-44(43)35(3)59(26-23-53-38-9-10-38)40-30-52(31-40)20-24-58(25-21-52)39-11-13-45(48(28-39)67-41-27-37-17-22-54-49(37)56-33-41)50(61)57-68(65,66)42-12-14-46(47(29-42)60(63)64)55-32-36-15-18-51(4,62)19-16-36/h5-8,11-14,17,22,27-29,33-36,38,40,53,55,62H,9-10,15-16,18-21,23-26,30-32H2,1-4H3,(H,54,56)(H,57,61)/t35-,36?,51?/m0/s1. The lowest BCUT2D eigenvalue weighted by atomic mass is 9.59. The largest absolute Gasteiger partial charge is 0.455 e. The Morgan fingerprint density at radius 1 is 0.985 bits per heavy atom. The minimum atomic E-state index is -4.57. The molecule has 3 aromatic carbocycles. The van der Waals surface area contributed by atoms with Gasteiger partial charge in [0, 0.05) is 80.3 Å². The number of carbonyl (C=O) groups is 1. The molecule has 1 saturated heterocycles. The molecule has 1 atom stereocenters. The minimum absolute atomic E-state index is 0.0227. The quantitative estimate of drug-likeness (QED) is 0.0413. The summed E-state index contributed by atoms with van der Waals surface area (Å²) in [6.45, 7) is 12.9. The van der Waals surface area contributed by atoms with E-state index < -0.39 is 37.0 Å². The van der Waals surface area contributed by atoms with Crippen molar-refractivity contribution in [1.29, 1.82) is 0 Å². The third-order valence-corrected chi connectivity index (χ3v) is 16.5. The highest BCUT2D eigenvalue weighted by Gasteiger charge is 2.49. The normalized spacial score (nSPS) is 21.2. The second-order valence-corrected chi connectivity index (χ2v) is 22.2. The van der Waals surface area contributed by atoms with Gasteiger partial charge in [-0.2, -0.15) is 0 Å². The van der Waals surface area contributed by atoms with Crippen LogP contribution in [0.15, 0.2) is 90.1 Å². The highest BCUT2D eigenvalue weighted by Crippen LogP contribution is 2.53. The van der Waals surface area contributed by atoms with Crippen LogP contribution in [0.5, 0.6) is 11.5 Å². The lowest BCUT2D eigenvalue weighted by molar-refractivity contribution is -0.384. The number of hydrogen-bond acceptors (Lipinski definition) is 12. The molecule has 0 bridgehead atoms. The zero-order chi connectivity index (χ0) is 47.8. The Bertz CT molecular complexity index is 2730. The maximum absolute atomic E-state index is 14.0. The van der Waals surface area contributed by atoms with E-state index in [1.165, 1.54) is 36.1 Å². The highest BCUT2D eigenvalue weighted by atomic mass is 32.2. The van der Waals surface area contributed by atoms with E-state index in [-0.39, 0.29) is 28.3 Å². The third kappa shape index (κ3) is 10.7. The van der Waals surface area contributed by atoms with Gasteiger partial charge in [-0.25, -0.2) is 18.1 Å². The Labute approximate surface area is 399 Å². The number of piperidine rings is 1. The summed E-state index contributed by atoms with van der Waals surface area (Å²) in [5, 5.41) is 30.2. The molecule has 3 heterocycles. The van der Waals surface area contributed by atoms with E-state index >= 15 is 0 Å². The Balaban J connectivity index is 0.896. The number of aromatic nitrogens is 2. The van der Waals surface area contributed by atoms with Crippen molar-refractivity contribution in [2.75, 3.05) is 42.9 Å². The third-order valence-electron chi connectivity index (χ3n) is 15.2. The number of benzene rings is 3. The first-order valence-electron chi connectivity index (χ1n) is 24.5. The zero-order valence-electron chi connectivity index (χ0n) is 39.7. The van der Waals surface area contributed by atoms with Crippen LogP contribution in [0.25, 0.3) is 11.0 Å². The van der Waals surface area contributed by atoms with Gasteiger partial charge < -0.3 is 30.4 Å². The van der Waals surface area contributed by atoms with Crippen LogP contribution >= 0.6 is 0 Å². The van der Waals surface area contributed by atoms with Crippen molar-refractivity contribution in [2.24, 2.45) is 11.3 Å². The van der Waals surface area contributed by atoms with E-state index in [9.17, 15) is 28.4 Å². The van der Waals surface area contributed by atoms with Gasteiger partial charge in [0.2, 0.25) is 0 Å². The van der Waals surface area contributed by atoms with Crippen LogP contribution in [-0.4, -0.2) is 89.6 Å². The summed E-state index contributed by atoms with van der Waals surface area (Å²) in [4.78, 5) is 37.8. The molecular formula is C52H66N8O7S. The van der Waals surface area contributed by atoms with E-state index in [1.54, 1.807) is 30.6 Å². The number of fused-ring (bicyclic) bond motifs is 1. The average Bonchev–Trinajstić information content (AvgIpc) is 4.02. The van der Waals surface area contributed by atoms with Crippen molar-refractivity contribution in [3.05, 3.63) is 112 Å². The number of hydrogen-bond donors (Lipinski definition) is 5. The SMILES string of the molecule is CC(C)c1ccccc1[C@H](C)N(CCNC1CC1)C1CC2(CCN(c3ccc(C(=O)NS(=O)(=O)c4ccc(NCC5CCC(C)(O)CC5)c([N+](=O)[O-])c4)c(Oc4cnc5[nH]ccc5c4)c3)CC2)C1. The lowest BCUT2D eigenvalue weighted by Crippen LogP contribution is -2.56. The number of nitrogens with one attached hydrogen (secondary N) is 4. The molecule has 16 heteroatoms. The van der Waals surface area contributed by atoms with Gasteiger partial charge in [0.05, 0.1) is 27.2 Å². The molecule has 0 radical (unpaired) electrons. The summed E-state index contributed by atoms with van der Waals surface area (Å²) >= 11 is 0. The molecule has 1 spiro atoms. The molecule has 3 saturated carbocycles. The van der Waals surface area contributed by atoms with E-state index in [4.69, 9.17) is 4.74 Å². The number of rotatable bonds is 18. The van der Waals surface area contributed by atoms with Gasteiger partial charge in [-0.3, -0.25) is 19.8 Å². The fraction of sp³-hybridized carbons (Fsp3) is 0.500. The molecule has 3 aliphatic carbocycles. The number of aromatic amines is 1. The maximum Gasteiger partial charge on any atom is 0.293 e. The van der Waals surface area contributed by atoms with Crippen LogP contribution in [0.3, 0.4) is 0 Å². The van der Waals surface area contributed by atoms with Gasteiger partial charge in [0.1, 0.15) is 22.8 Å². The van der Waals surface area contributed by atoms with Crippen molar-refractivity contribution in [3.63, 3.8) is 0 Å². The number of amides is 1. The van der Waals surface area contributed by atoms with Crippen LogP contribution < -0.4 is 25.0 Å². The summed E-state index contributed by atoms with van der Waals surface area (Å²) in [7, 11) is -4.57. The summed E-state index contributed by atoms with van der Waals surface area (Å²) in [5.74, 6) is 0.229. The number of aliphatic hydroxyl groups is 1. The first kappa shape index (κ1) is 47.5. The van der Waals surface area contributed by atoms with Crippen LogP contribution in [0, 0.1) is 21.4 Å². The summed E-state index contributed by atoms with van der Waals surface area (Å²) < 4.78 is 36.1. The predicted octanol–water partition coefficient (Wildman–Crippen LogP) is 9.42. The van der Waals surface area contributed by atoms with E-state index in [1.807, 2.05) is 19.1 Å². The van der Waals surface area contributed by atoms with E-state index in [0.29, 0.717) is 54.8 Å². The molecule has 0 unspecified atom stereocenters. The monoisotopic (exact) mass is 946 g/mol. The highest BCUT2D eigenvalue weighted by molar-refractivity contribution is 7.90. The van der Waals surface area contributed by atoms with Gasteiger partial charge in [-0.05, 0) is 143 Å². The number of anilines is 2. The van der Waals surface area contributed by atoms with Crippen LogP contribution in [0.1, 0.15) is 125 Å². The fourth-order valence-corrected chi connectivity index (χ4v) is 11.8. The van der Waals surface area contributed by atoms with Crippen LogP contribution in [0.4, 0.5) is 17.1 Å². The number of nitro benzene ring substituents is 1. The molecule has 5 aromatic rings. The van der Waals surface area contributed by atoms with Gasteiger partial charge in [0.15, 0.2) is 0 Å². The van der Waals surface area contributed by atoms with E-state index in [0.717, 1.165) is 81.8 Å². The molecule has 4 aliphatic rings. The first-order chi connectivity index (χ1) is 32.6. The van der Waals surface area contributed by atoms with Crippen molar-refractivity contribution >= 4 is 44.0 Å².